The van der Waals surface area contributed by atoms with Crippen molar-refractivity contribution in [3.05, 3.63) is 72.5 Å². The van der Waals surface area contributed by atoms with Crippen LogP contribution in [0.4, 0.5) is 11.4 Å². The number of hydrogen-bond acceptors (Lipinski definition) is 7. The molecule has 0 saturated carbocycles. The van der Waals surface area contributed by atoms with E-state index in [0.29, 0.717) is 5.56 Å². The highest BCUT2D eigenvalue weighted by Crippen LogP contribution is 2.44. The summed E-state index contributed by atoms with van der Waals surface area (Å²) < 4.78 is 7.28. The van der Waals surface area contributed by atoms with Crippen molar-refractivity contribution in [2.24, 2.45) is 0 Å². The van der Waals surface area contributed by atoms with Crippen molar-refractivity contribution in [1.29, 1.82) is 0 Å². The Bertz CT molecular complexity index is 1310. The van der Waals surface area contributed by atoms with Gasteiger partial charge in [0, 0.05) is 30.0 Å². The number of carboxylic acid groups (broad SMARTS) is 1. The van der Waals surface area contributed by atoms with E-state index in [9.17, 15) is 34.9 Å². The third kappa shape index (κ3) is 2.75. The van der Waals surface area contributed by atoms with E-state index in [1.165, 1.54) is 28.8 Å². The molecule has 2 aromatic carbocycles. The molecule has 30 heavy (non-hydrogen) atoms. The summed E-state index contributed by atoms with van der Waals surface area (Å²) in [6.45, 7) is 1.87. The first-order valence-corrected chi connectivity index (χ1v) is 8.72. The summed E-state index contributed by atoms with van der Waals surface area (Å²) in [4.78, 5) is 45.7. The maximum Gasteiger partial charge on any atom is 0.341 e. The van der Waals surface area contributed by atoms with Crippen LogP contribution in [0.5, 0.6) is 5.75 Å². The fourth-order valence-electron chi connectivity index (χ4n) is 3.56. The molecule has 152 valence electrons. The van der Waals surface area contributed by atoms with Gasteiger partial charge in [-0.3, -0.25) is 25.0 Å². The summed E-state index contributed by atoms with van der Waals surface area (Å²) in [5.41, 5.74) is -1.47. The van der Waals surface area contributed by atoms with E-state index in [1.54, 1.807) is 6.92 Å². The Hall–Kier alpha value is -4.28. The maximum atomic E-state index is 12.8. The van der Waals surface area contributed by atoms with E-state index in [0.717, 1.165) is 12.3 Å². The molecule has 1 N–H and O–H groups in total. The Kier molecular flexibility index (Phi) is 4.23. The second-order valence-corrected chi connectivity index (χ2v) is 6.80. The molecular weight excluding hydrogens is 398 g/mol. The average molecular weight is 411 g/mol. The summed E-state index contributed by atoms with van der Waals surface area (Å²) in [6, 6.07) is 6.11. The van der Waals surface area contributed by atoms with Crippen LogP contribution in [0.3, 0.4) is 0 Å². The van der Waals surface area contributed by atoms with Gasteiger partial charge >= 0.3 is 5.97 Å². The van der Waals surface area contributed by atoms with Gasteiger partial charge in [0.25, 0.3) is 11.4 Å². The van der Waals surface area contributed by atoms with Crippen molar-refractivity contribution in [1.82, 2.24) is 4.57 Å². The molecule has 11 heteroatoms. The van der Waals surface area contributed by atoms with Crippen molar-refractivity contribution in [3.63, 3.8) is 0 Å². The van der Waals surface area contributed by atoms with Crippen LogP contribution < -0.4 is 10.2 Å². The van der Waals surface area contributed by atoms with E-state index in [2.05, 4.69) is 0 Å². The molecule has 1 unspecified atom stereocenters. The predicted octanol–water partition coefficient (Wildman–Crippen LogP) is 3.14. The van der Waals surface area contributed by atoms with Gasteiger partial charge in [0.05, 0.1) is 15.9 Å². The number of rotatable bonds is 4. The van der Waals surface area contributed by atoms with Gasteiger partial charge in [0.1, 0.15) is 23.1 Å². The Balaban J connectivity index is 2.14. The van der Waals surface area contributed by atoms with E-state index < -0.39 is 32.5 Å². The lowest BCUT2D eigenvalue weighted by Crippen LogP contribution is -2.27. The fraction of sp³-hybridized carbons (Fsp3) is 0.158. The molecular formula is C19H13N3O8. The van der Waals surface area contributed by atoms with Crippen molar-refractivity contribution in [3.8, 4) is 16.9 Å². The third-order valence-electron chi connectivity index (χ3n) is 4.99. The molecule has 0 bridgehead atoms. The Labute approximate surface area is 167 Å². The van der Waals surface area contributed by atoms with Gasteiger partial charge in [-0.15, -0.1) is 0 Å². The minimum Gasteiger partial charge on any atom is -0.489 e. The molecule has 1 aliphatic rings. The fourth-order valence-corrected chi connectivity index (χ4v) is 3.56. The number of benzene rings is 2. The molecule has 0 spiro atoms. The summed E-state index contributed by atoms with van der Waals surface area (Å²) in [5, 5.41) is 31.7. The minimum atomic E-state index is -1.49. The lowest BCUT2D eigenvalue weighted by Gasteiger charge is -2.28. The van der Waals surface area contributed by atoms with Gasteiger partial charge in [0.15, 0.2) is 5.75 Å². The molecule has 0 radical (unpaired) electrons. The zero-order chi connectivity index (χ0) is 21.7. The molecule has 0 fully saturated rings. The van der Waals surface area contributed by atoms with Crippen LogP contribution in [-0.2, 0) is 0 Å². The number of aromatic carboxylic acids is 1. The van der Waals surface area contributed by atoms with Gasteiger partial charge in [-0.05, 0) is 24.6 Å². The van der Waals surface area contributed by atoms with Crippen LogP contribution in [0.2, 0.25) is 0 Å². The van der Waals surface area contributed by atoms with Crippen LogP contribution in [0.15, 0.2) is 41.3 Å². The number of non-ortho nitro benzene ring substituents is 2. The van der Waals surface area contributed by atoms with Crippen molar-refractivity contribution in [2.45, 2.75) is 13.0 Å². The molecule has 1 aliphatic heterocycles. The molecule has 4 rings (SSSR count). The maximum absolute atomic E-state index is 12.8. The number of carbonyl (C=O) groups is 1. The lowest BCUT2D eigenvalue weighted by atomic mass is 9.97. The number of nitro benzene ring substituents is 2. The number of aromatic nitrogens is 1. The molecule has 0 saturated heterocycles. The van der Waals surface area contributed by atoms with E-state index in [1.807, 2.05) is 0 Å². The van der Waals surface area contributed by atoms with Crippen LogP contribution in [-0.4, -0.2) is 32.1 Å². The number of pyridine rings is 1. The van der Waals surface area contributed by atoms with E-state index >= 15 is 0 Å². The molecule has 0 amide bonds. The summed E-state index contributed by atoms with van der Waals surface area (Å²) >= 11 is 0. The summed E-state index contributed by atoms with van der Waals surface area (Å²) in [7, 11) is 0. The highest BCUT2D eigenvalue weighted by atomic mass is 16.6. The topological polar surface area (TPSA) is 155 Å². The second kappa shape index (κ2) is 6.65. The number of carboxylic acids is 1. The Morgan fingerprint density at radius 2 is 1.87 bits per heavy atom. The molecule has 1 aromatic heterocycles. The summed E-state index contributed by atoms with van der Waals surface area (Å²) in [6.07, 6.45) is 1.16. The van der Waals surface area contributed by atoms with Crippen molar-refractivity contribution >= 4 is 28.2 Å². The lowest BCUT2D eigenvalue weighted by molar-refractivity contribution is -0.384. The number of ether oxygens (including phenoxy) is 1. The van der Waals surface area contributed by atoms with Gasteiger partial charge in [-0.25, -0.2) is 4.79 Å². The van der Waals surface area contributed by atoms with Crippen LogP contribution in [0.1, 0.15) is 23.3 Å². The van der Waals surface area contributed by atoms with E-state index in [4.69, 9.17) is 4.74 Å². The largest absolute Gasteiger partial charge is 0.489 e. The predicted molar refractivity (Wildman–Crippen MR) is 104 cm³/mol. The molecule has 11 nitrogen and oxygen atoms in total. The smallest absolute Gasteiger partial charge is 0.341 e. The van der Waals surface area contributed by atoms with Gasteiger partial charge in [0.2, 0.25) is 5.43 Å². The highest BCUT2D eigenvalue weighted by molar-refractivity contribution is 6.02. The van der Waals surface area contributed by atoms with Crippen molar-refractivity contribution < 1.29 is 24.5 Å². The van der Waals surface area contributed by atoms with Gasteiger partial charge in [-0.2, -0.15) is 0 Å². The molecule has 0 aliphatic carbocycles. The Morgan fingerprint density at radius 3 is 2.43 bits per heavy atom. The van der Waals surface area contributed by atoms with Crippen molar-refractivity contribution in [2.75, 3.05) is 6.61 Å². The van der Waals surface area contributed by atoms with Gasteiger partial charge in [-0.1, -0.05) is 0 Å². The normalized spacial score (nSPS) is 14.9. The van der Waals surface area contributed by atoms with E-state index in [-0.39, 0.29) is 40.6 Å². The van der Waals surface area contributed by atoms with Crippen LogP contribution >= 0.6 is 0 Å². The number of nitrogens with zero attached hydrogens (tertiary/aromatic N) is 3. The Morgan fingerprint density at radius 1 is 1.20 bits per heavy atom. The first-order chi connectivity index (χ1) is 14.2. The quantitative estimate of drug-likeness (QED) is 0.507. The van der Waals surface area contributed by atoms with Gasteiger partial charge < -0.3 is 14.4 Å². The molecule has 3 aromatic rings. The van der Waals surface area contributed by atoms with Crippen LogP contribution in [0, 0.1) is 20.2 Å². The first kappa shape index (κ1) is 19.1. The highest BCUT2D eigenvalue weighted by Gasteiger charge is 2.32. The zero-order valence-corrected chi connectivity index (χ0v) is 15.4. The average Bonchev–Trinajstić information content (AvgIpc) is 2.71. The zero-order valence-electron chi connectivity index (χ0n) is 15.4. The second-order valence-electron chi connectivity index (χ2n) is 6.80. The molecule has 1 atom stereocenters. The minimum absolute atomic E-state index is 0.117. The monoisotopic (exact) mass is 411 g/mol. The SMILES string of the molecule is CC1COc2c(-c3ccc([N+](=O)[O-])cc3)cc([N+](=O)[O-])c3c(=O)c(C(=O)O)cn1c23. The third-order valence-corrected chi connectivity index (χ3v) is 4.99. The number of nitro groups is 2. The summed E-state index contributed by atoms with van der Waals surface area (Å²) in [5.74, 6) is -1.31. The standard InChI is InChI=1S/C19H13N3O8/c1-9-8-30-18-12(10-2-4-11(5-3-10)21(26)27)6-14(22(28)29)15-16(18)20(9)7-13(17(15)23)19(24)25/h2-7,9H,8H2,1H3,(H,24,25). The van der Waals surface area contributed by atoms with Crippen LogP contribution in [0.25, 0.3) is 22.0 Å². The first-order valence-electron chi connectivity index (χ1n) is 8.72. The molecule has 2 heterocycles. The number of hydrogen-bond donors (Lipinski definition) is 1.